The summed E-state index contributed by atoms with van der Waals surface area (Å²) in [6.45, 7) is 3.18. The van der Waals surface area contributed by atoms with Crippen LogP contribution in [0.2, 0.25) is 0 Å². The third kappa shape index (κ3) is 4.20. The molecule has 0 atom stereocenters. The minimum Gasteiger partial charge on any atom is -0.380 e. The Morgan fingerprint density at radius 3 is 2.60 bits per heavy atom. The quantitative estimate of drug-likeness (QED) is 0.747. The van der Waals surface area contributed by atoms with E-state index in [0.717, 1.165) is 16.9 Å². The van der Waals surface area contributed by atoms with Gasteiger partial charge in [0, 0.05) is 43.6 Å². The van der Waals surface area contributed by atoms with Crippen molar-refractivity contribution >= 4 is 17.3 Å². The lowest BCUT2D eigenvalue weighted by Gasteiger charge is -2.21. The summed E-state index contributed by atoms with van der Waals surface area (Å²) in [6.07, 6.45) is 6.87. The highest BCUT2D eigenvalue weighted by Crippen LogP contribution is 2.18. The summed E-state index contributed by atoms with van der Waals surface area (Å²) < 4.78 is 0. The van der Waals surface area contributed by atoms with Gasteiger partial charge >= 0.3 is 0 Å². The van der Waals surface area contributed by atoms with Crippen LogP contribution < -0.4 is 10.2 Å². The smallest absolute Gasteiger partial charge is 0.259 e. The first-order chi connectivity index (χ1) is 12.3. The Kier molecular flexibility index (Phi) is 5.36. The number of pyridine rings is 2. The van der Waals surface area contributed by atoms with E-state index in [1.807, 2.05) is 61.7 Å². The number of carbonyl (C=O) groups is 1. The fourth-order valence-corrected chi connectivity index (χ4v) is 2.57. The molecule has 3 rings (SSSR count). The average Bonchev–Trinajstić information content (AvgIpc) is 2.69. The highest BCUT2D eigenvalue weighted by atomic mass is 16.2. The number of rotatable bonds is 6. The third-order valence-corrected chi connectivity index (χ3v) is 3.83. The molecule has 0 radical (unpaired) electrons. The Bertz CT molecular complexity index is 821. The van der Waals surface area contributed by atoms with Crippen molar-refractivity contribution in [2.75, 3.05) is 16.8 Å². The van der Waals surface area contributed by atoms with E-state index in [9.17, 15) is 4.79 Å². The van der Waals surface area contributed by atoms with Crippen molar-refractivity contribution in [1.29, 1.82) is 0 Å². The Hall–Kier alpha value is -3.21. The average molecular weight is 332 g/mol. The Morgan fingerprint density at radius 1 is 1.04 bits per heavy atom. The molecule has 2 heterocycles. The van der Waals surface area contributed by atoms with E-state index in [1.54, 1.807) is 23.5 Å². The summed E-state index contributed by atoms with van der Waals surface area (Å²) >= 11 is 0. The summed E-state index contributed by atoms with van der Waals surface area (Å²) in [5.41, 5.74) is 3.31. The lowest BCUT2D eigenvalue weighted by atomic mass is 10.2. The maximum Gasteiger partial charge on any atom is 0.259 e. The van der Waals surface area contributed by atoms with E-state index in [1.165, 1.54) is 0 Å². The first-order valence-corrected chi connectivity index (χ1v) is 8.22. The van der Waals surface area contributed by atoms with E-state index in [4.69, 9.17) is 0 Å². The lowest BCUT2D eigenvalue weighted by molar-refractivity contribution is 0.0988. The number of hydrogen-bond donors (Lipinski definition) is 1. The molecule has 0 bridgehead atoms. The van der Waals surface area contributed by atoms with E-state index in [0.29, 0.717) is 18.7 Å². The van der Waals surface area contributed by atoms with Crippen LogP contribution in [0.25, 0.3) is 0 Å². The number of hydrogen-bond acceptors (Lipinski definition) is 4. The number of amides is 1. The van der Waals surface area contributed by atoms with Crippen molar-refractivity contribution in [2.24, 2.45) is 0 Å². The second kappa shape index (κ2) is 8.06. The standard InChI is InChI=1S/C20H20N4O/c1-2-24(19-8-4-3-5-9-19)20(25)17-11-18(15-22-14-17)23-13-16-7-6-10-21-12-16/h3-12,14-15,23H,2,13H2,1H3. The molecule has 25 heavy (non-hydrogen) atoms. The molecule has 0 saturated heterocycles. The van der Waals surface area contributed by atoms with Crippen LogP contribution >= 0.6 is 0 Å². The molecule has 126 valence electrons. The molecule has 2 aromatic heterocycles. The lowest BCUT2D eigenvalue weighted by Crippen LogP contribution is -2.30. The van der Waals surface area contributed by atoms with E-state index in [-0.39, 0.29) is 5.91 Å². The molecule has 1 aromatic carbocycles. The van der Waals surface area contributed by atoms with Crippen LogP contribution in [-0.2, 0) is 6.54 Å². The molecule has 0 spiro atoms. The number of para-hydroxylation sites is 1. The van der Waals surface area contributed by atoms with Gasteiger partial charge < -0.3 is 10.2 Å². The zero-order valence-electron chi connectivity index (χ0n) is 14.1. The van der Waals surface area contributed by atoms with Crippen LogP contribution in [-0.4, -0.2) is 22.4 Å². The van der Waals surface area contributed by atoms with Crippen LogP contribution in [0, 0.1) is 0 Å². The van der Waals surface area contributed by atoms with Gasteiger partial charge in [-0.3, -0.25) is 14.8 Å². The second-order valence-corrected chi connectivity index (χ2v) is 5.56. The van der Waals surface area contributed by atoms with Gasteiger partial charge in [0.1, 0.15) is 0 Å². The maximum atomic E-state index is 12.9. The van der Waals surface area contributed by atoms with Crippen molar-refractivity contribution in [2.45, 2.75) is 13.5 Å². The zero-order valence-corrected chi connectivity index (χ0v) is 14.1. The fourth-order valence-electron chi connectivity index (χ4n) is 2.57. The maximum absolute atomic E-state index is 12.9. The van der Waals surface area contributed by atoms with Crippen LogP contribution in [0.1, 0.15) is 22.8 Å². The molecule has 0 fully saturated rings. The zero-order chi connectivity index (χ0) is 17.5. The van der Waals surface area contributed by atoms with Crippen molar-refractivity contribution in [1.82, 2.24) is 9.97 Å². The van der Waals surface area contributed by atoms with Gasteiger partial charge in [-0.1, -0.05) is 24.3 Å². The molecule has 0 aliphatic rings. The van der Waals surface area contributed by atoms with Crippen LogP contribution in [0.5, 0.6) is 0 Å². The number of carbonyl (C=O) groups excluding carboxylic acids is 1. The van der Waals surface area contributed by atoms with Crippen LogP contribution in [0.4, 0.5) is 11.4 Å². The van der Waals surface area contributed by atoms with Gasteiger partial charge in [0.25, 0.3) is 5.91 Å². The van der Waals surface area contributed by atoms with Gasteiger partial charge in [0.2, 0.25) is 0 Å². The Morgan fingerprint density at radius 2 is 1.88 bits per heavy atom. The van der Waals surface area contributed by atoms with Gasteiger partial charge in [0.15, 0.2) is 0 Å². The molecule has 1 amide bonds. The van der Waals surface area contributed by atoms with Crippen molar-refractivity contribution in [3.8, 4) is 0 Å². The molecular formula is C20H20N4O. The number of aromatic nitrogens is 2. The van der Waals surface area contributed by atoms with Gasteiger partial charge in [0.05, 0.1) is 11.3 Å². The molecule has 1 N–H and O–H groups in total. The SMILES string of the molecule is CCN(C(=O)c1cncc(NCc2cccnc2)c1)c1ccccc1. The van der Waals surface area contributed by atoms with Crippen LogP contribution in [0.3, 0.4) is 0 Å². The normalized spacial score (nSPS) is 10.3. The summed E-state index contributed by atoms with van der Waals surface area (Å²) in [5, 5.41) is 3.28. The van der Waals surface area contributed by atoms with Crippen LogP contribution in [0.15, 0.2) is 73.3 Å². The summed E-state index contributed by atoms with van der Waals surface area (Å²) in [6, 6.07) is 15.4. The highest BCUT2D eigenvalue weighted by Gasteiger charge is 2.16. The predicted octanol–water partition coefficient (Wildman–Crippen LogP) is 3.76. The van der Waals surface area contributed by atoms with Crippen molar-refractivity contribution in [3.05, 3.63) is 84.4 Å². The molecule has 5 nitrogen and oxygen atoms in total. The molecule has 0 unspecified atom stereocenters. The van der Waals surface area contributed by atoms with E-state index < -0.39 is 0 Å². The molecule has 0 saturated carbocycles. The summed E-state index contributed by atoms with van der Waals surface area (Å²) in [5.74, 6) is -0.0637. The summed E-state index contributed by atoms with van der Waals surface area (Å²) in [4.78, 5) is 22.9. The second-order valence-electron chi connectivity index (χ2n) is 5.56. The number of benzene rings is 1. The van der Waals surface area contributed by atoms with E-state index in [2.05, 4.69) is 15.3 Å². The number of anilines is 2. The number of nitrogens with zero attached hydrogens (tertiary/aromatic N) is 3. The van der Waals surface area contributed by atoms with Crippen molar-refractivity contribution < 1.29 is 4.79 Å². The summed E-state index contributed by atoms with van der Waals surface area (Å²) in [7, 11) is 0. The third-order valence-electron chi connectivity index (χ3n) is 3.83. The van der Waals surface area contributed by atoms with Gasteiger partial charge in [-0.05, 0) is 36.8 Å². The fraction of sp³-hybridized carbons (Fsp3) is 0.150. The first kappa shape index (κ1) is 16.6. The topological polar surface area (TPSA) is 58.1 Å². The minimum absolute atomic E-state index is 0.0637. The molecule has 0 aliphatic heterocycles. The van der Waals surface area contributed by atoms with Gasteiger partial charge in [-0.15, -0.1) is 0 Å². The largest absolute Gasteiger partial charge is 0.380 e. The molecule has 5 heteroatoms. The highest BCUT2D eigenvalue weighted by molar-refractivity contribution is 6.06. The van der Waals surface area contributed by atoms with Crippen molar-refractivity contribution in [3.63, 3.8) is 0 Å². The minimum atomic E-state index is -0.0637. The monoisotopic (exact) mass is 332 g/mol. The number of nitrogens with one attached hydrogen (secondary N) is 1. The first-order valence-electron chi connectivity index (χ1n) is 8.22. The predicted molar refractivity (Wildman–Crippen MR) is 99.6 cm³/mol. The Balaban J connectivity index is 1.75. The molecular weight excluding hydrogens is 312 g/mol. The van der Waals surface area contributed by atoms with E-state index >= 15 is 0 Å². The molecule has 3 aromatic rings. The Labute approximate surface area is 147 Å². The van der Waals surface area contributed by atoms with Gasteiger partial charge in [-0.2, -0.15) is 0 Å². The molecule has 0 aliphatic carbocycles. The van der Waals surface area contributed by atoms with Gasteiger partial charge in [-0.25, -0.2) is 0 Å².